The molecule has 1 aliphatic heterocycles. The summed E-state index contributed by atoms with van der Waals surface area (Å²) in [5.74, 6) is 0.722. The molecule has 0 aliphatic carbocycles. The summed E-state index contributed by atoms with van der Waals surface area (Å²) in [6, 6.07) is 9.77. The van der Waals surface area contributed by atoms with E-state index in [1.165, 1.54) is 0 Å². The molecule has 1 atom stereocenters. The van der Waals surface area contributed by atoms with Crippen LogP contribution in [0.15, 0.2) is 35.3 Å². The fourth-order valence-electron chi connectivity index (χ4n) is 3.49. The number of hydrogen-bond donors (Lipinski definition) is 4. The molecule has 1 aromatic rings. The molecule has 178 valence electrons. The summed E-state index contributed by atoms with van der Waals surface area (Å²) in [7, 11) is 3.39. The zero-order valence-corrected chi connectivity index (χ0v) is 19.9. The van der Waals surface area contributed by atoms with Gasteiger partial charge in [-0.15, -0.1) is 0 Å². The summed E-state index contributed by atoms with van der Waals surface area (Å²) in [4.78, 5) is 30.4. The van der Waals surface area contributed by atoms with Crippen LogP contribution in [0.3, 0.4) is 0 Å². The molecule has 0 aromatic heterocycles. The summed E-state index contributed by atoms with van der Waals surface area (Å²) >= 11 is 0. The standard InChI is InChI=1S/C23H38N6O3/c1-23(2,3)32-22(31)28-19(17-9-7-6-8-10-17)15-26-21(25-5)27-18-11-13-29(14-12-18)16-20(30)24-4/h6-10,18-19H,11-16H2,1-5H3,(H,24,30)(H,28,31)(H2,25,26,27). The van der Waals surface area contributed by atoms with E-state index in [1.54, 1.807) is 14.1 Å². The normalized spacial score (nSPS) is 16.7. The lowest BCUT2D eigenvalue weighted by atomic mass is 10.1. The Labute approximate surface area is 191 Å². The number of carbonyl (C=O) groups excluding carboxylic acids is 2. The molecule has 0 radical (unpaired) electrons. The molecule has 0 saturated carbocycles. The molecule has 0 spiro atoms. The Bertz CT molecular complexity index is 755. The Morgan fingerprint density at radius 1 is 1.19 bits per heavy atom. The van der Waals surface area contributed by atoms with Crippen molar-refractivity contribution < 1.29 is 14.3 Å². The maximum absolute atomic E-state index is 12.4. The van der Waals surface area contributed by atoms with Gasteiger partial charge < -0.3 is 26.0 Å². The van der Waals surface area contributed by atoms with Crippen molar-refractivity contribution >= 4 is 18.0 Å². The predicted octanol–water partition coefficient (Wildman–Crippen LogP) is 1.63. The summed E-state index contributed by atoms with van der Waals surface area (Å²) in [6.07, 6.45) is 1.39. The number of likely N-dealkylation sites (tertiary alicyclic amines) is 1. The van der Waals surface area contributed by atoms with Gasteiger partial charge in [0.05, 0.1) is 12.6 Å². The van der Waals surface area contributed by atoms with E-state index >= 15 is 0 Å². The number of guanidine groups is 1. The van der Waals surface area contributed by atoms with Gasteiger partial charge in [-0.25, -0.2) is 4.79 Å². The first-order chi connectivity index (χ1) is 15.2. The molecule has 2 rings (SSSR count). The second-order valence-electron chi connectivity index (χ2n) is 8.93. The maximum Gasteiger partial charge on any atom is 0.408 e. The number of aliphatic imine (C=N–C) groups is 1. The third kappa shape index (κ3) is 9.13. The number of nitrogens with one attached hydrogen (secondary N) is 4. The summed E-state index contributed by atoms with van der Waals surface area (Å²) < 4.78 is 5.43. The van der Waals surface area contributed by atoms with Gasteiger partial charge in [-0.1, -0.05) is 30.3 Å². The number of ether oxygens (including phenoxy) is 1. The van der Waals surface area contributed by atoms with Crippen LogP contribution in [0, 0.1) is 0 Å². The molecule has 1 aromatic carbocycles. The average molecular weight is 447 g/mol. The summed E-state index contributed by atoms with van der Waals surface area (Å²) in [5, 5.41) is 12.4. The lowest BCUT2D eigenvalue weighted by Crippen LogP contribution is -2.51. The highest BCUT2D eigenvalue weighted by molar-refractivity contribution is 5.80. The van der Waals surface area contributed by atoms with Crippen LogP contribution in [0.1, 0.15) is 45.2 Å². The number of alkyl carbamates (subject to hydrolysis) is 1. The molecule has 32 heavy (non-hydrogen) atoms. The third-order valence-corrected chi connectivity index (χ3v) is 5.16. The second kappa shape index (κ2) is 12.3. The molecule has 1 heterocycles. The second-order valence-corrected chi connectivity index (χ2v) is 8.93. The monoisotopic (exact) mass is 446 g/mol. The Balaban J connectivity index is 1.90. The largest absolute Gasteiger partial charge is 0.444 e. The number of rotatable bonds is 7. The van der Waals surface area contributed by atoms with Gasteiger partial charge in [0.25, 0.3) is 0 Å². The Morgan fingerprint density at radius 3 is 2.41 bits per heavy atom. The van der Waals surface area contributed by atoms with Crippen molar-refractivity contribution in [1.29, 1.82) is 0 Å². The van der Waals surface area contributed by atoms with Crippen LogP contribution in [0.25, 0.3) is 0 Å². The van der Waals surface area contributed by atoms with Gasteiger partial charge >= 0.3 is 6.09 Å². The fourth-order valence-corrected chi connectivity index (χ4v) is 3.49. The number of benzene rings is 1. The molecule has 9 nitrogen and oxygen atoms in total. The van der Waals surface area contributed by atoms with Crippen molar-refractivity contribution in [1.82, 2.24) is 26.2 Å². The van der Waals surface area contributed by atoms with E-state index in [0.717, 1.165) is 31.5 Å². The van der Waals surface area contributed by atoms with E-state index in [1.807, 2.05) is 51.1 Å². The first kappa shape index (κ1) is 25.5. The molecule has 1 unspecified atom stereocenters. The molecule has 4 N–H and O–H groups in total. The Hall–Kier alpha value is -2.81. The summed E-state index contributed by atoms with van der Waals surface area (Å²) in [5.41, 5.74) is 0.409. The Morgan fingerprint density at radius 2 is 1.84 bits per heavy atom. The molecule has 1 fully saturated rings. The fraction of sp³-hybridized carbons (Fsp3) is 0.609. The van der Waals surface area contributed by atoms with Crippen LogP contribution in [-0.2, 0) is 9.53 Å². The highest BCUT2D eigenvalue weighted by atomic mass is 16.6. The molecule has 0 bridgehead atoms. The quantitative estimate of drug-likeness (QED) is 0.375. The van der Waals surface area contributed by atoms with E-state index < -0.39 is 11.7 Å². The molecular formula is C23H38N6O3. The van der Waals surface area contributed by atoms with Crippen molar-refractivity contribution in [3.63, 3.8) is 0 Å². The first-order valence-corrected chi connectivity index (χ1v) is 11.1. The van der Waals surface area contributed by atoms with Gasteiger partial charge in [0, 0.05) is 39.8 Å². The van der Waals surface area contributed by atoms with Crippen molar-refractivity contribution in [3.8, 4) is 0 Å². The van der Waals surface area contributed by atoms with Gasteiger partial charge in [-0.05, 0) is 39.2 Å². The number of piperidine rings is 1. The highest BCUT2D eigenvalue weighted by Crippen LogP contribution is 2.14. The predicted molar refractivity (Wildman–Crippen MR) is 127 cm³/mol. The number of amides is 2. The van der Waals surface area contributed by atoms with Crippen LogP contribution in [-0.4, -0.2) is 74.8 Å². The van der Waals surface area contributed by atoms with Crippen LogP contribution in [0.2, 0.25) is 0 Å². The van der Waals surface area contributed by atoms with Gasteiger partial charge in [-0.3, -0.25) is 14.7 Å². The number of likely N-dealkylation sites (N-methyl/N-ethyl adjacent to an activating group) is 1. The van der Waals surface area contributed by atoms with E-state index in [2.05, 4.69) is 31.2 Å². The van der Waals surface area contributed by atoms with Crippen LogP contribution < -0.4 is 21.3 Å². The molecule has 9 heteroatoms. The van der Waals surface area contributed by atoms with Gasteiger partial charge in [0.1, 0.15) is 5.60 Å². The van der Waals surface area contributed by atoms with Crippen LogP contribution in [0.5, 0.6) is 0 Å². The van der Waals surface area contributed by atoms with E-state index in [9.17, 15) is 9.59 Å². The minimum absolute atomic E-state index is 0.0401. The van der Waals surface area contributed by atoms with E-state index in [0.29, 0.717) is 19.0 Å². The van der Waals surface area contributed by atoms with Crippen molar-refractivity contribution in [2.75, 3.05) is 40.3 Å². The van der Waals surface area contributed by atoms with Gasteiger partial charge in [-0.2, -0.15) is 0 Å². The minimum atomic E-state index is -0.566. The first-order valence-electron chi connectivity index (χ1n) is 11.1. The molecular weight excluding hydrogens is 408 g/mol. The summed E-state index contributed by atoms with van der Waals surface area (Å²) in [6.45, 7) is 8.13. The lowest BCUT2D eigenvalue weighted by Gasteiger charge is -2.32. The van der Waals surface area contributed by atoms with Crippen molar-refractivity contribution in [2.24, 2.45) is 4.99 Å². The average Bonchev–Trinajstić information content (AvgIpc) is 2.76. The van der Waals surface area contributed by atoms with Gasteiger partial charge in [0.15, 0.2) is 5.96 Å². The number of carbonyl (C=O) groups is 2. The van der Waals surface area contributed by atoms with Gasteiger partial charge in [0.2, 0.25) is 5.91 Å². The Kier molecular flexibility index (Phi) is 9.77. The lowest BCUT2D eigenvalue weighted by molar-refractivity contribution is -0.122. The zero-order valence-electron chi connectivity index (χ0n) is 19.9. The number of hydrogen-bond acceptors (Lipinski definition) is 5. The minimum Gasteiger partial charge on any atom is -0.444 e. The van der Waals surface area contributed by atoms with Crippen LogP contribution >= 0.6 is 0 Å². The topological polar surface area (TPSA) is 107 Å². The molecule has 1 saturated heterocycles. The van der Waals surface area contributed by atoms with Crippen molar-refractivity contribution in [3.05, 3.63) is 35.9 Å². The zero-order chi connectivity index (χ0) is 23.6. The maximum atomic E-state index is 12.4. The van der Waals surface area contributed by atoms with Crippen LogP contribution in [0.4, 0.5) is 4.79 Å². The number of nitrogens with zero attached hydrogens (tertiary/aromatic N) is 2. The van der Waals surface area contributed by atoms with E-state index in [4.69, 9.17) is 4.74 Å². The smallest absolute Gasteiger partial charge is 0.408 e. The third-order valence-electron chi connectivity index (χ3n) is 5.16. The molecule has 1 aliphatic rings. The van der Waals surface area contributed by atoms with Crippen molar-refractivity contribution in [2.45, 2.75) is 51.3 Å². The SMILES string of the molecule is CN=C(NCC(NC(=O)OC(C)(C)C)c1ccccc1)NC1CCN(CC(=O)NC)CC1. The molecule has 2 amide bonds. The highest BCUT2D eigenvalue weighted by Gasteiger charge is 2.23. The van der Waals surface area contributed by atoms with E-state index in [-0.39, 0.29) is 18.0 Å².